The number of hydrogen-bond donors (Lipinski definition) is 1. The van der Waals surface area contributed by atoms with Crippen LogP contribution in [0.3, 0.4) is 0 Å². The Kier molecular flexibility index (Phi) is 2.44. The van der Waals surface area contributed by atoms with Crippen LogP contribution >= 0.6 is 0 Å². The van der Waals surface area contributed by atoms with Gasteiger partial charge in [0.1, 0.15) is 0 Å². The van der Waals surface area contributed by atoms with Gasteiger partial charge in [0.15, 0.2) is 0 Å². The van der Waals surface area contributed by atoms with Crippen LogP contribution in [0.2, 0.25) is 0 Å². The van der Waals surface area contributed by atoms with Crippen molar-refractivity contribution in [2.24, 2.45) is 11.3 Å². The standard InChI is InChI=1S/C11H17NO3/c1-8(13)12-3-2-11(7-12)5-9(6-11)4-10(14)15/h9H,2-7H2,1H3,(H,14,15). The number of carboxylic acids is 1. The maximum atomic E-state index is 11.2. The van der Waals surface area contributed by atoms with Gasteiger partial charge in [-0.15, -0.1) is 0 Å². The van der Waals surface area contributed by atoms with Crippen LogP contribution in [0.15, 0.2) is 0 Å². The Bertz CT molecular complexity index is 294. The predicted molar refractivity (Wildman–Crippen MR) is 54.3 cm³/mol. The third kappa shape index (κ3) is 1.98. The first-order valence-electron chi connectivity index (χ1n) is 5.48. The summed E-state index contributed by atoms with van der Waals surface area (Å²) in [6.45, 7) is 3.31. The quantitative estimate of drug-likeness (QED) is 0.744. The molecule has 0 radical (unpaired) electrons. The van der Waals surface area contributed by atoms with Crippen LogP contribution in [-0.4, -0.2) is 35.0 Å². The summed E-state index contributed by atoms with van der Waals surface area (Å²) in [5.41, 5.74) is 0.270. The lowest BCUT2D eigenvalue weighted by Gasteiger charge is -2.44. The zero-order chi connectivity index (χ0) is 11.1. The second-order valence-corrected chi connectivity index (χ2v) is 5.06. The van der Waals surface area contributed by atoms with Gasteiger partial charge in [-0.3, -0.25) is 9.59 Å². The zero-order valence-electron chi connectivity index (χ0n) is 9.03. The smallest absolute Gasteiger partial charge is 0.303 e. The van der Waals surface area contributed by atoms with E-state index < -0.39 is 5.97 Å². The Hall–Kier alpha value is -1.06. The molecule has 0 atom stereocenters. The third-order valence-electron chi connectivity index (χ3n) is 3.79. The van der Waals surface area contributed by atoms with E-state index in [0.717, 1.165) is 32.4 Å². The summed E-state index contributed by atoms with van der Waals surface area (Å²) in [6.07, 6.45) is 3.33. The highest BCUT2D eigenvalue weighted by Crippen LogP contribution is 2.52. The van der Waals surface area contributed by atoms with Gasteiger partial charge >= 0.3 is 5.97 Å². The fourth-order valence-corrected chi connectivity index (χ4v) is 3.09. The molecule has 4 nitrogen and oxygen atoms in total. The summed E-state index contributed by atoms with van der Waals surface area (Å²) in [6, 6.07) is 0. The van der Waals surface area contributed by atoms with Crippen molar-refractivity contribution < 1.29 is 14.7 Å². The van der Waals surface area contributed by atoms with Crippen molar-refractivity contribution in [2.45, 2.75) is 32.6 Å². The van der Waals surface area contributed by atoms with E-state index in [1.54, 1.807) is 6.92 Å². The van der Waals surface area contributed by atoms with Crippen LogP contribution in [0.5, 0.6) is 0 Å². The molecule has 0 bridgehead atoms. The first-order valence-corrected chi connectivity index (χ1v) is 5.48. The lowest BCUT2D eigenvalue weighted by molar-refractivity contribution is -0.140. The SMILES string of the molecule is CC(=O)N1CCC2(CC(CC(=O)O)C2)C1. The second-order valence-electron chi connectivity index (χ2n) is 5.06. The molecule has 15 heavy (non-hydrogen) atoms. The number of carbonyl (C=O) groups excluding carboxylic acids is 1. The maximum Gasteiger partial charge on any atom is 0.303 e. The van der Waals surface area contributed by atoms with E-state index in [1.165, 1.54) is 0 Å². The van der Waals surface area contributed by atoms with Crippen LogP contribution in [-0.2, 0) is 9.59 Å². The molecule has 1 saturated carbocycles. The fourth-order valence-electron chi connectivity index (χ4n) is 3.09. The minimum atomic E-state index is -0.698. The van der Waals surface area contributed by atoms with Crippen molar-refractivity contribution in [3.8, 4) is 0 Å². The molecule has 0 aromatic carbocycles. The molecule has 1 aliphatic carbocycles. The van der Waals surface area contributed by atoms with Crippen LogP contribution in [0.25, 0.3) is 0 Å². The predicted octanol–water partition coefficient (Wildman–Crippen LogP) is 1.11. The van der Waals surface area contributed by atoms with Crippen LogP contribution in [0.4, 0.5) is 0 Å². The monoisotopic (exact) mass is 211 g/mol. The van der Waals surface area contributed by atoms with Crippen molar-refractivity contribution in [1.29, 1.82) is 0 Å². The number of aliphatic carboxylic acids is 1. The van der Waals surface area contributed by atoms with Gasteiger partial charge in [0.05, 0.1) is 0 Å². The first-order chi connectivity index (χ1) is 7.01. The Morgan fingerprint density at radius 1 is 1.47 bits per heavy atom. The Morgan fingerprint density at radius 3 is 2.60 bits per heavy atom. The van der Waals surface area contributed by atoms with E-state index >= 15 is 0 Å². The minimum absolute atomic E-state index is 0.147. The number of amides is 1. The summed E-state index contributed by atoms with van der Waals surface area (Å²) in [7, 11) is 0. The molecule has 1 aliphatic heterocycles. The van der Waals surface area contributed by atoms with Crippen molar-refractivity contribution >= 4 is 11.9 Å². The highest BCUT2D eigenvalue weighted by atomic mass is 16.4. The molecule has 84 valence electrons. The van der Waals surface area contributed by atoms with Gasteiger partial charge < -0.3 is 10.0 Å². The summed E-state index contributed by atoms with van der Waals surface area (Å²) in [5.74, 6) is -0.209. The number of carboxylic acid groups (broad SMARTS) is 1. The van der Waals surface area contributed by atoms with E-state index in [1.807, 2.05) is 4.90 Å². The molecule has 4 heteroatoms. The molecule has 1 heterocycles. The number of rotatable bonds is 2. The molecule has 2 rings (SSSR count). The summed E-state index contributed by atoms with van der Waals surface area (Å²) in [5, 5.41) is 8.66. The lowest BCUT2D eigenvalue weighted by Crippen LogP contribution is -2.41. The molecule has 2 aliphatic rings. The molecule has 0 aromatic heterocycles. The molecule has 1 N–H and O–H groups in total. The van der Waals surface area contributed by atoms with E-state index in [-0.39, 0.29) is 11.3 Å². The van der Waals surface area contributed by atoms with Crippen LogP contribution in [0.1, 0.15) is 32.6 Å². The van der Waals surface area contributed by atoms with Crippen LogP contribution in [0, 0.1) is 11.3 Å². The minimum Gasteiger partial charge on any atom is -0.481 e. The van der Waals surface area contributed by atoms with Crippen molar-refractivity contribution in [3.63, 3.8) is 0 Å². The molecular formula is C11H17NO3. The molecular weight excluding hydrogens is 194 g/mol. The third-order valence-corrected chi connectivity index (χ3v) is 3.79. The van der Waals surface area contributed by atoms with Gasteiger partial charge in [0.25, 0.3) is 0 Å². The molecule has 1 amide bonds. The number of hydrogen-bond acceptors (Lipinski definition) is 2. The lowest BCUT2D eigenvalue weighted by atomic mass is 9.60. The van der Waals surface area contributed by atoms with Crippen molar-refractivity contribution in [2.75, 3.05) is 13.1 Å². The second kappa shape index (κ2) is 3.51. The normalized spacial score (nSPS) is 34.2. The van der Waals surface area contributed by atoms with Gasteiger partial charge in [-0.1, -0.05) is 0 Å². The highest BCUT2D eigenvalue weighted by molar-refractivity contribution is 5.73. The number of carbonyl (C=O) groups is 2. The van der Waals surface area contributed by atoms with Gasteiger partial charge in [-0.2, -0.15) is 0 Å². The molecule has 2 fully saturated rings. The number of nitrogens with zero attached hydrogens (tertiary/aromatic N) is 1. The molecule has 0 unspecified atom stereocenters. The van der Waals surface area contributed by atoms with E-state index in [0.29, 0.717) is 12.3 Å². The van der Waals surface area contributed by atoms with Gasteiger partial charge in [0.2, 0.25) is 5.91 Å². The van der Waals surface area contributed by atoms with Crippen molar-refractivity contribution in [1.82, 2.24) is 4.90 Å². The largest absolute Gasteiger partial charge is 0.481 e. The van der Waals surface area contributed by atoms with Crippen molar-refractivity contribution in [3.05, 3.63) is 0 Å². The highest BCUT2D eigenvalue weighted by Gasteiger charge is 2.49. The zero-order valence-corrected chi connectivity index (χ0v) is 9.03. The molecule has 1 spiro atoms. The van der Waals surface area contributed by atoms with Crippen LogP contribution < -0.4 is 0 Å². The fraction of sp³-hybridized carbons (Fsp3) is 0.818. The number of likely N-dealkylation sites (tertiary alicyclic amines) is 1. The van der Waals surface area contributed by atoms with Gasteiger partial charge in [0, 0.05) is 26.4 Å². The van der Waals surface area contributed by atoms with Gasteiger partial charge in [-0.05, 0) is 30.6 Å². The Balaban J connectivity index is 1.83. The average molecular weight is 211 g/mol. The topological polar surface area (TPSA) is 57.6 Å². The van der Waals surface area contributed by atoms with E-state index in [2.05, 4.69) is 0 Å². The maximum absolute atomic E-state index is 11.2. The average Bonchev–Trinajstić information content (AvgIpc) is 2.47. The first kappa shape index (κ1) is 10.5. The summed E-state index contributed by atoms with van der Waals surface area (Å²) in [4.78, 5) is 23.6. The molecule has 0 aromatic rings. The Morgan fingerprint density at radius 2 is 2.13 bits per heavy atom. The molecule has 1 saturated heterocycles. The Labute approximate surface area is 89.3 Å². The summed E-state index contributed by atoms with van der Waals surface area (Å²) >= 11 is 0. The van der Waals surface area contributed by atoms with E-state index in [4.69, 9.17) is 5.11 Å². The van der Waals surface area contributed by atoms with Gasteiger partial charge in [-0.25, -0.2) is 0 Å². The van der Waals surface area contributed by atoms with E-state index in [9.17, 15) is 9.59 Å². The summed E-state index contributed by atoms with van der Waals surface area (Å²) < 4.78 is 0.